The number of fused-ring (bicyclic) bond motifs is 4. The van der Waals surface area contributed by atoms with E-state index in [1.807, 2.05) is 24.3 Å². The molecule has 2 atom stereocenters. The van der Waals surface area contributed by atoms with Crippen LogP contribution in [-0.4, -0.2) is 16.3 Å². The van der Waals surface area contributed by atoms with Crippen molar-refractivity contribution >= 4 is 21.5 Å². The molecule has 0 saturated heterocycles. The molecule has 0 unspecified atom stereocenters. The van der Waals surface area contributed by atoms with E-state index in [1.54, 1.807) is 0 Å². The van der Waals surface area contributed by atoms with E-state index in [4.69, 9.17) is 0 Å². The molecular formula is C18H16O2. The molecule has 3 aromatic carbocycles. The lowest BCUT2D eigenvalue weighted by Crippen LogP contribution is -2.25. The molecule has 100 valence electrons. The first-order chi connectivity index (χ1) is 9.74. The second-order valence-electron chi connectivity index (χ2n) is 5.60. The lowest BCUT2D eigenvalue weighted by atomic mass is 9.84. The third-order valence-corrected chi connectivity index (χ3v) is 4.41. The molecule has 0 aromatic heterocycles. The van der Waals surface area contributed by atoms with Crippen molar-refractivity contribution < 1.29 is 10.2 Å². The van der Waals surface area contributed by atoms with E-state index >= 15 is 0 Å². The summed E-state index contributed by atoms with van der Waals surface area (Å²) in [7, 11) is 0. The highest BCUT2D eigenvalue weighted by atomic mass is 16.3. The minimum atomic E-state index is -0.755. The van der Waals surface area contributed by atoms with Gasteiger partial charge in [0.05, 0.1) is 6.10 Å². The number of hydrogen-bond donors (Lipinski definition) is 2. The summed E-state index contributed by atoms with van der Waals surface area (Å²) in [6, 6.07) is 16.7. The lowest BCUT2D eigenvalue weighted by Gasteiger charge is -2.27. The van der Waals surface area contributed by atoms with Gasteiger partial charge in [0.1, 0.15) is 6.10 Å². The molecule has 2 N–H and O–H groups in total. The highest BCUT2D eigenvalue weighted by molar-refractivity contribution is 6.00. The van der Waals surface area contributed by atoms with Crippen molar-refractivity contribution in [2.24, 2.45) is 0 Å². The quantitative estimate of drug-likeness (QED) is 0.611. The van der Waals surface area contributed by atoms with Crippen molar-refractivity contribution in [1.29, 1.82) is 0 Å². The molecule has 4 rings (SSSR count). The molecule has 0 amide bonds. The van der Waals surface area contributed by atoms with Gasteiger partial charge in [-0.05, 0) is 57.6 Å². The van der Waals surface area contributed by atoms with Crippen LogP contribution in [0.1, 0.15) is 23.7 Å². The van der Waals surface area contributed by atoms with Gasteiger partial charge in [-0.3, -0.25) is 0 Å². The van der Waals surface area contributed by atoms with Crippen molar-refractivity contribution in [2.75, 3.05) is 0 Å². The number of aryl methyl sites for hydroxylation is 1. The summed E-state index contributed by atoms with van der Waals surface area (Å²) in [5.74, 6) is 0. The van der Waals surface area contributed by atoms with Crippen LogP contribution < -0.4 is 0 Å². The Labute approximate surface area is 117 Å². The van der Waals surface area contributed by atoms with Gasteiger partial charge < -0.3 is 10.2 Å². The zero-order valence-electron chi connectivity index (χ0n) is 11.1. The third kappa shape index (κ3) is 1.65. The Balaban J connectivity index is 2.05. The average Bonchev–Trinajstić information content (AvgIpc) is 2.48. The third-order valence-electron chi connectivity index (χ3n) is 4.41. The van der Waals surface area contributed by atoms with Crippen molar-refractivity contribution in [3.63, 3.8) is 0 Å². The topological polar surface area (TPSA) is 40.5 Å². The van der Waals surface area contributed by atoms with Crippen molar-refractivity contribution in [3.8, 4) is 0 Å². The summed E-state index contributed by atoms with van der Waals surface area (Å²) in [6.07, 6.45) is 0.0543. The van der Waals surface area contributed by atoms with Crippen LogP contribution in [0.15, 0.2) is 48.5 Å². The Bertz CT molecular complexity index is 807. The van der Waals surface area contributed by atoms with Crippen LogP contribution in [0.5, 0.6) is 0 Å². The fourth-order valence-electron chi connectivity index (χ4n) is 3.31. The SMILES string of the molecule is O[C@@H]1CCc2c(ccc3cc4ccccc4cc23)[C@H]1O. The van der Waals surface area contributed by atoms with E-state index in [2.05, 4.69) is 24.3 Å². The first kappa shape index (κ1) is 11.9. The highest BCUT2D eigenvalue weighted by Crippen LogP contribution is 2.36. The van der Waals surface area contributed by atoms with Crippen LogP contribution in [0.25, 0.3) is 21.5 Å². The number of hydrogen-bond acceptors (Lipinski definition) is 2. The Hall–Kier alpha value is -1.90. The van der Waals surface area contributed by atoms with Gasteiger partial charge in [0, 0.05) is 0 Å². The number of aliphatic hydroxyl groups is 2. The predicted molar refractivity (Wildman–Crippen MR) is 80.7 cm³/mol. The van der Waals surface area contributed by atoms with Gasteiger partial charge >= 0.3 is 0 Å². The smallest absolute Gasteiger partial charge is 0.105 e. The molecule has 3 aromatic rings. The molecule has 1 aliphatic carbocycles. The Morgan fingerprint density at radius 1 is 0.850 bits per heavy atom. The number of aliphatic hydroxyl groups excluding tert-OH is 2. The van der Waals surface area contributed by atoms with Gasteiger partial charge in [-0.15, -0.1) is 0 Å². The fraction of sp³-hybridized carbons (Fsp3) is 0.222. The molecular weight excluding hydrogens is 248 g/mol. The van der Waals surface area contributed by atoms with Gasteiger partial charge in [0.25, 0.3) is 0 Å². The van der Waals surface area contributed by atoms with E-state index < -0.39 is 12.2 Å². The monoisotopic (exact) mass is 264 g/mol. The van der Waals surface area contributed by atoms with Crippen molar-refractivity contribution in [1.82, 2.24) is 0 Å². The minimum absolute atomic E-state index is 0.625. The van der Waals surface area contributed by atoms with Gasteiger partial charge in [-0.1, -0.05) is 36.4 Å². The summed E-state index contributed by atoms with van der Waals surface area (Å²) >= 11 is 0. The maximum atomic E-state index is 10.2. The van der Waals surface area contributed by atoms with Gasteiger partial charge in [-0.2, -0.15) is 0 Å². The summed E-state index contributed by atoms with van der Waals surface area (Å²) in [6.45, 7) is 0. The van der Waals surface area contributed by atoms with Crippen LogP contribution in [0.4, 0.5) is 0 Å². The molecule has 0 radical (unpaired) electrons. The fourth-order valence-corrected chi connectivity index (χ4v) is 3.31. The van der Waals surface area contributed by atoms with Crippen molar-refractivity contribution in [2.45, 2.75) is 25.0 Å². The molecule has 0 heterocycles. The Morgan fingerprint density at radius 2 is 1.60 bits per heavy atom. The van der Waals surface area contributed by atoms with E-state index in [-0.39, 0.29) is 0 Å². The maximum absolute atomic E-state index is 10.2. The first-order valence-electron chi connectivity index (χ1n) is 7.04. The molecule has 0 aliphatic heterocycles. The van der Waals surface area contributed by atoms with E-state index in [0.717, 1.165) is 12.0 Å². The van der Waals surface area contributed by atoms with Crippen LogP contribution in [0.3, 0.4) is 0 Å². The standard InChI is InChI=1S/C18H16O2/c19-17-8-7-14-15(18(17)20)6-5-13-9-11-3-1-2-4-12(11)10-16(13)14/h1-6,9-10,17-20H,7-8H2/t17-,18-/m1/s1. The second kappa shape index (κ2) is 4.30. The highest BCUT2D eigenvalue weighted by Gasteiger charge is 2.27. The van der Waals surface area contributed by atoms with Gasteiger partial charge in [0.2, 0.25) is 0 Å². The summed E-state index contributed by atoms with van der Waals surface area (Å²) in [5, 5.41) is 24.8. The number of benzene rings is 3. The molecule has 2 heteroatoms. The minimum Gasteiger partial charge on any atom is -0.390 e. The molecule has 2 nitrogen and oxygen atoms in total. The largest absolute Gasteiger partial charge is 0.390 e. The zero-order chi connectivity index (χ0) is 13.7. The molecule has 0 fully saturated rings. The van der Waals surface area contributed by atoms with Gasteiger partial charge in [0.15, 0.2) is 0 Å². The molecule has 0 saturated carbocycles. The maximum Gasteiger partial charge on any atom is 0.105 e. The Kier molecular flexibility index (Phi) is 2.56. The molecule has 0 bridgehead atoms. The summed E-state index contributed by atoms with van der Waals surface area (Å²) in [5.41, 5.74) is 2.07. The van der Waals surface area contributed by atoms with E-state index in [0.29, 0.717) is 6.42 Å². The van der Waals surface area contributed by atoms with Crippen LogP contribution in [0, 0.1) is 0 Å². The van der Waals surface area contributed by atoms with E-state index in [1.165, 1.54) is 27.1 Å². The van der Waals surface area contributed by atoms with E-state index in [9.17, 15) is 10.2 Å². The number of rotatable bonds is 0. The lowest BCUT2D eigenvalue weighted by molar-refractivity contribution is 0.00676. The second-order valence-corrected chi connectivity index (χ2v) is 5.60. The van der Waals surface area contributed by atoms with Crippen molar-refractivity contribution in [3.05, 3.63) is 59.7 Å². The summed E-state index contributed by atoms with van der Waals surface area (Å²) in [4.78, 5) is 0. The Morgan fingerprint density at radius 3 is 2.40 bits per heavy atom. The summed E-state index contributed by atoms with van der Waals surface area (Å²) < 4.78 is 0. The average molecular weight is 264 g/mol. The molecule has 20 heavy (non-hydrogen) atoms. The normalized spacial score (nSPS) is 22.1. The van der Waals surface area contributed by atoms with Gasteiger partial charge in [-0.25, -0.2) is 0 Å². The zero-order valence-corrected chi connectivity index (χ0v) is 11.1. The molecule has 1 aliphatic rings. The van der Waals surface area contributed by atoms with Crippen LogP contribution in [-0.2, 0) is 6.42 Å². The first-order valence-corrected chi connectivity index (χ1v) is 7.04. The van der Waals surface area contributed by atoms with Crippen LogP contribution in [0.2, 0.25) is 0 Å². The predicted octanol–water partition coefficient (Wildman–Crippen LogP) is 3.33. The molecule has 0 spiro atoms. The van der Waals surface area contributed by atoms with Crippen LogP contribution >= 0.6 is 0 Å².